The first-order chi connectivity index (χ1) is 10.5. The van der Waals surface area contributed by atoms with Gasteiger partial charge >= 0.3 is 11.1 Å². The Kier molecular flexibility index (Phi) is 3.58. The second-order valence-corrected chi connectivity index (χ2v) is 5.60. The molecule has 0 bridgehead atoms. The van der Waals surface area contributed by atoms with Gasteiger partial charge in [0, 0.05) is 10.7 Å². The molecule has 0 unspecified atom stereocenters. The zero-order valence-electron chi connectivity index (χ0n) is 11.9. The number of ether oxygens (including phenoxy) is 1. The number of fused-ring (bicyclic) bond motifs is 1. The van der Waals surface area contributed by atoms with Crippen LogP contribution < -0.4 is 15.9 Å². The molecule has 0 saturated heterocycles. The number of nitrogens with one attached hydrogen (secondary N) is 1. The molecule has 1 aromatic carbocycles. The highest BCUT2D eigenvalue weighted by molar-refractivity contribution is 9.10. The number of hydrogen-bond donors (Lipinski definition) is 1. The van der Waals surface area contributed by atoms with Gasteiger partial charge in [0.1, 0.15) is 5.69 Å². The van der Waals surface area contributed by atoms with Gasteiger partial charge in [-0.3, -0.25) is 14.2 Å². The van der Waals surface area contributed by atoms with Crippen LogP contribution in [0.4, 0.5) is 0 Å². The van der Waals surface area contributed by atoms with Crippen LogP contribution in [0.2, 0.25) is 0 Å². The van der Waals surface area contributed by atoms with Crippen molar-refractivity contribution in [1.82, 2.24) is 14.5 Å². The highest BCUT2D eigenvalue weighted by Crippen LogP contribution is 2.25. The highest BCUT2D eigenvalue weighted by atomic mass is 79.9. The lowest BCUT2D eigenvalue weighted by atomic mass is 10.2. The molecule has 2 aromatic heterocycles. The van der Waals surface area contributed by atoms with Crippen molar-refractivity contribution in [3.8, 4) is 11.6 Å². The average Bonchev–Trinajstić information content (AvgIpc) is 2.51. The van der Waals surface area contributed by atoms with Crippen molar-refractivity contribution in [3.05, 3.63) is 61.2 Å². The Labute approximate surface area is 133 Å². The fraction of sp³-hybridized carbons (Fsp3) is 0.133. The molecule has 0 atom stereocenters. The van der Waals surface area contributed by atoms with Crippen LogP contribution in [-0.2, 0) is 0 Å². The Morgan fingerprint density at radius 2 is 2.09 bits per heavy atom. The lowest BCUT2D eigenvalue weighted by molar-refractivity contribution is 0.396. The van der Waals surface area contributed by atoms with Crippen LogP contribution >= 0.6 is 15.9 Å². The lowest BCUT2D eigenvalue weighted by Gasteiger charge is -2.13. The third kappa shape index (κ3) is 2.23. The van der Waals surface area contributed by atoms with Gasteiger partial charge in [-0.15, -0.1) is 0 Å². The van der Waals surface area contributed by atoms with Crippen LogP contribution in [0.15, 0.2) is 44.5 Å². The molecule has 0 radical (unpaired) electrons. The Bertz CT molecular complexity index is 991. The van der Waals surface area contributed by atoms with Crippen LogP contribution in [0.1, 0.15) is 5.56 Å². The van der Waals surface area contributed by atoms with Gasteiger partial charge in [-0.05, 0) is 36.8 Å². The Hall–Kier alpha value is -2.41. The zero-order valence-corrected chi connectivity index (χ0v) is 13.5. The molecule has 0 amide bonds. The molecule has 3 aromatic rings. The van der Waals surface area contributed by atoms with E-state index in [4.69, 9.17) is 4.74 Å². The first-order valence-electron chi connectivity index (χ1n) is 6.47. The van der Waals surface area contributed by atoms with Gasteiger partial charge in [0.05, 0.1) is 18.1 Å². The summed E-state index contributed by atoms with van der Waals surface area (Å²) in [5.74, 6) is 0.271. The van der Waals surface area contributed by atoms with Crippen LogP contribution in [0.5, 0.6) is 5.88 Å². The lowest BCUT2D eigenvalue weighted by Crippen LogP contribution is -2.35. The molecule has 112 valence electrons. The summed E-state index contributed by atoms with van der Waals surface area (Å²) in [6.45, 7) is 1.90. The predicted octanol–water partition coefficient (Wildman–Crippen LogP) is 2.15. The molecule has 0 saturated carbocycles. The first kappa shape index (κ1) is 14.5. The maximum atomic E-state index is 12.4. The normalized spacial score (nSPS) is 10.9. The molecule has 0 aliphatic heterocycles. The standard InChI is InChI=1S/C15H12BrN3O3/c1-8-6-10-12(7-9(8)16)19(15(21)13(20)18-10)11-4-3-5-17-14(11)22-2/h3-7H,1-2H3,(H,18,20). The summed E-state index contributed by atoms with van der Waals surface area (Å²) in [4.78, 5) is 31.0. The molecule has 6 nitrogen and oxygen atoms in total. The number of aryl methyl sites for hydroxylation is 1. The van der Waals surface area contributed by atoms with Crippen LogP contribution in [0, 0.1) is 6.92 Å². The van der Waals surface area contributed by atoms with Gasteiger partial charge in [0.2, 0.25) is 5.88 Å². The van der Waals surface area contributed by atoms with E-state index in [1.807, 2.05) is 6.92 Å². The van der Waals surface area contributed by atoms with E-state index in [0.717, 1.165) is 10.0 Å². The summed E-state index contributed by atoms with van der Waals surface area (Å²) in [6, 6.07) is 6.95. The van der Waals surface area contributed by atoms with Crippen LogP contribution in [0.3, 0.4) is 0 Å². The highest BCUT2D eigenvalue weighted by Gasteiger charge is 2.15. The number of methoxy groups -OCH3 is 1. The Morgan fingerprint density at radius 3 is 2.82 bits per heavy atom. The van der Waals surface area contributed by atoms with E-state index in [9.17, 15) is 9.59 Å². The smallest absolute Gasteiger partial charge is 0.321 e. The number of nitrogens with zero attached hydrogens (tertiary/aromatic N) is 2. The van der Waals surface area contributed by atoms with Gasteiger partial charge in [0.25, 0.3) is 0 Å². The van der Waals surface area contributed by atoms with Gasteiger partial charge in [-0.1, -0.05) is 15.9 Å². The Balaban J connectivity index is 2.52. The molecule has 22 heavy (non-hydrogen) atoms. The van der Waals surface area contributed by atoms with Crippen molar-refractivity contribution in [2.24, 2.45) is 0 Å². The monoisotopic (exact) mass is 361 g/mol. The van der Waals surface area contributed by atoms with Crippen molar-refractivity contribution >= 4 is 27.0 Å². The summed E-state index contributed by atoms with van der Waals surface area (Å²) < 4.78 is 7.35. The Morgan fingerprint density at radius 1 is 1.32 bits per heavy atom. The van der Waals surface area contributed by atoms with E-state index in [1.54, 1.807) is 30.5 Å². The number of hydrogen-bond acceptors (Lipinski definition) is 4. The van der Waals surface area contributed by atoms with Crippen molar-refractivity contribution in [2.45, 2.75) is 6.92 Å². The van der Waals surface area contributed by atoms with E-state index >= 15 is 0 Å². The van der Waals surface area contributed by atoms with E-state index in [2.05, 4.69) is 25.9 Å². The van der Waals surface area contributed by atoms with Crippen molar-refractivity contribution in [1.29, 1.82) is 0 Å². The van der Waals surface area contributed by atoms with Gasteiger partial charge in [0.15, 0.2) is 0 Å². The summed E-state index contributed by atoms with van der Waals surface area (Å²) >= 11 is 3.45. The van der Waals surface area contributed by atoms with Gasteiger partial charge < -0.3 is 9.72 Å². The number of H-pyrrole nitrogens is 1. The summed E-state index contributed by atoms with van der Waals surface area (Å²) in [5, 5.41) is 0. The van der Waals surface area contributed by atoms with E-state index in [0.29, 0.717) is 16.7 Å². The first-order valence-corrected chi connectivity index (χ1v) is 7.27. The summed E-state index contributed by atoms with van der Waals surface area (Å²) in [5.41, 5.74) is 1.12. The minimum Gasteiger partial charge on any atom is -0.480 e. The number of benzene rings is 1. The van der Waals surface area contributed by atoms with Gasteiger partial charge in [-0.2, -0.15) is 0 Å². The number of halogens is 1. The van der Waals surface area contributed by atoms with Gasteiger partial charge in [-0.25, -0.2) is 4.98 Å². The predicted molar refractivity (Wildman–Crippen MR) is 86.9 cm³/mol. The quantitative estimate of drug-likeness (QED) is 0.709. The SMILES string of the molecule is COc1ncccc1-n1c(=O)c(=O)[nH]c2cc(C)c(Br)cc21. The molecule has 0 aliphatic rings. The number of aromatic nitrogens is 3. The molecule has 2 heterocycles. The van der Waals surface area contributed by atoms with E-state index in [-0.39, 0.29) is 5.88 Å². The third-order valence-electron chi connectivity index (χ3n) is 3.35. The summed E-state index contributed by atoms with van der Waals surface area (Å²) in [6.07, 6.45) is 1.56. The number of aromatic amines is 1. The van der Waals surface area contributed by atoms with Crippen molar-refractivity contribution in [3.63, 3.8) is 0 Å². The molecular weight excluding hydrogens is 350 g/mol. The molecule has 3 rings (SSSR count). The minimum atomic E-state index is -0.694. The van der Waals surface area contributed by atoms with Crippen molar-refractivity contribution < 1.29 is 4.74 Å². The molecule has 7 heteroatoms. The van der Waals surface area contributed by atoms with E-state index < -0.39 is 11.1 Å². The fourth-order valence-electron chi connectivity index (χ4n) is 2.29. The summed E-state index contributed by atoms with van der Waals surface area (Å²) in [7, 11) is 1.46. The second kappa shape index (κ2) is 5.42. The van der Waals surface area contributed by atoms with E-state index in [1.165, 1.54) is 11.7 Å². The number of pyridine rings is 1. The van der Waals surface area contributed by atoms with Crippen molar-refractivity contribution in [2.75, 3.05) is 7.11 Å². The maximum Gasteiger partial charge on any atom is 0.321 e. The minimum absolute atomic E-state index is 0.271. The third-order valence-corrected chi connectivity index (χ3v) is 4.20. The maximum absolute atomic E-state index is 12.4. The molecule has 0 aliphatic carbocycles. The average molecular weight is 362 g/mol. The molecular formula is C15H12BrN3O3. The molecule has 1 N–H and O–H groups in total. The zero-order chi connectivity index (χ0) is 15.9. The molecule has 0 fully saturated rings. The second-order valence-electron chi connectivity index (χ2n) is 4.75. The number of rotatable bonds is 2. The van der Waals surface area contributed by atoms with Crippen LogP contribution in [0.25, 0.3) is 16.7 Å². The topological polar surface area (TPSA) is 77.0 Å². The van der Waals surface area contributed by atoms with Crippen LogP contribution in [-0.4, -0.2) is 21.6 Å². The fourth-order valence-corrected chi connectivity index (χ4v) is 2.62. The molecule has 0 spiro atoms. The largest absolute Gasteiger partial charge is 0.480 e.